The molecule has 1 fully saturated rings. The smallest absolute Gasteiger partial charge is 0.160 e. The monoisotopic (exact) mass is 125 g/mol. The molecule has 1 aliphatic carbocycles. The molecule has 0 aromatic heterocycles. The Morgan fingerprint density at radius 3 is 2.44 bits per heavy atom. The van der Waals surface area contributed by atoms with E-state index in [0.29, 0.717) is 6.42 Å². The van der Waals surface area contributed by atoms with E-state index in [-0.39, 0.29) is 5.78 Å². The Balaban J connectivity index is 2.60. The molecule has 2 heteroatoms. The number of allylic oxidation sites excluding steroid dienone is 1. The van der Waals surface area contributed by atoms with Crippen molar-refractivity contribution in [2.24, 2.45) is 5.73 Å². The Hall–Kier alpha value is -0.790. The summed E-state index contributed by atoms with van der Waals surface area (Å²) in [5.41, 5.74) is 6.03. The largest absolute Gasteiger partial charge is 0.404 e. The van der Waals surface area contributed by atoms with E-state index in [1.165, 1.54) is 6.20 Å². The topological polar surface area (TPSA) is 43.1 Å². The minimum Gasteiger partial charge on any atom is -0.404 e. The molecule has 0 aromatic rings. The van der Waals surface area contributed by atoms with E-state index in [1.807, 2.05) is 0 Å². The first-order valence-corrected chi connectivity index (χ1v) is 3.28. The molecule has 0 radical (unpaired) electrons. The number of carbonyl (C=O) groups is 1. The van der Waals surface area contributed by atoms with Gasteiger partial charge in [-0.05, 0) is 19.3 Å². The number of nitrogens with two attached hydrogens (primary N) is 1. The van der Waals surface area contributed by atoms with Gasteiger partial charge in [0.25, 0.3) is 0 Å². The van der Waals surface area contributed by atoms with Crippen LogP contribution in [0.2, 0.25) is 0 Å². The molecular weight excluding hydrogens is 114 g/mol. The molecular formula is C7H11NO. The fraction of sp³-hybridized carbons (Fsp3) is 0.571. The molecule has 0 amide bonds. The number of rotatable bonds is 0. The molecule has 0 unspecified atom stereocenters. The van der Waals surface area contributed by atoms with Crippen LogP contribution in [-0.4, -0.2) is 5.78 Å². The van der Waals surface area contributed by atoms with Gasteiger partial charge in [-0.15, -0.1) is 0 Å². The summed E-state index contributed by atoms with van der Waals surface area (Å²) in [5.74, 6) is 0.240. The summed E-state index contributed by atoms with van der Waals surface area (Å²) < 4.78 is 0. The number of ketones is 1. The van der Waals surface area contributed by atoms with Gasteiger partial charge in [-0.3, -0.25) is 4.79 Å². The Morgan fingerprint density at radius 2 is 2.00 bits per heavy atom. The average Bonchev–Trinajstić information content (AvgIpc) is 1.89. The fourth-order valence-electron chi connectivity index (χ4n) is 1.08. The lowest BCUT2D eigenvalue weighted by molar-refractivity contribution is -0.116. The number of carbonyl (C=O) groups excluding carboxylic acids is 1. The van der Waals surface area contributed by atoms with Gasteiger partial charge in [0.05, 0.1) is 0 Å². The quantitative estimate of drug-likeness (QED) is 0.490. The minimum absolute atomic E-state index is 0.240. The summed E-state index contributed by atoms with van der Waals surface area (Å²) in [6, 6.07) is 0. The van der Waals surface area contributed by atoms with Crippen LogP contribution in [0.25, 0.3) is 0 Å². The highest BCUT2D eigenvalue weighted by molar-refractivity contribution is 5.95. The predicted octanol–water partition coefficient (Wildman–Crippen LogP) is 0.972. The Morgan fingerprint density at radius 1 is 1.33 bits per heavy atom. The summed E-state index contributed by atoms with van der Waals surface area (Å²) in [4.78, 5) is 10.9. The molecule has 0 bridgehead atoms. The van der Waals surface area contributed by atoms with Crippen LogP contribution in [0.5, 0.6) is 0 Å². The van der Waals surface area contributed by atoms with Crippen molar-refractivity contribution in [3.63, 3.8) is 0 Å². The summed E-state index contributed by atoms with van der Waals surface area (Å²) in [6.07, 6.45) is 5.19. The number of hydrogen-bond acceptors (Lipinski definition) is 2. The zero-order chi connectivity index (χ0) is 6.69. The van der Waals surface area contributed by atoms with Crippen LogP contribution in [0.1, 0.15) is 25.7 Å². The number of hydrogen-bond donors (Lipinski definition) is 1. The van der Waals surface area contributed by atoms with Crippen LogP contribution in [-0.2, 0) is 4.79 Å². The molecule has 2 nitrogen and oxygen atoms in total. The third kappa shape index (κ3) is 1.31. The third-order valence-corrected chi connectivity index (χ3v) is 1.66. The van der Waals surface area contributed by atoms with E-state index in [1.54, 1.807) is 0 Å². The molecule has 0 aromatic carbocycles. The molecule has 1 saturated carbocycles. The van der Waals surface area contributed by atoms with Crippen molar-refractivity contribution in [1.29, 1.82) is 0 Å². The maximum absolute atomic E-state index is 10.9. The van der Waals surface area contributed by atoms with Crippen molar-refractivity contribution in [1.82, 2.24) is 0 Å². The highest BCUT2D eigenvalue weighted by atomic mass is 16.1. The van der Waals surface area contributed by atoms with Crippen molar-refractivity contribution in [2.45, 2.75) is 25.7 Å². The van der Waals surface area contributed by atoms with E-state index in [2.05, 4.69) is 0 Å². The normalized spacial score (nSPS) is 24.9. The van der Waals surface area contributed by atoms with E-state index in [4.69, 9.17) is 5.73 Å². The zero-order valence-electron chi connectivity index (χ0n) is 5.39. The van der Waals surface area contributed by atoms with Gasteiger partial charge in [-0.1, -0.05) is 0 Å². The fourth-order valence-corrected chi connectivity index (χ4v) is 1.08. The lowest BCUT2D eigenvalue weighted by Crippen LogP contribution is -2.09. The van der Waals surface area contributed by atoms with Crippen LogP contribution in [0.3, 0.4) is 0 Å². The molecule has 1 aliphatic rings. The predicted molar refractivity (Wildman–Crippen MR) is 35.7 cm³/mol. The highest BCUT2D eigenvalue weighted by Crippen LogP contribution is 2.17. The summed E-state index contributed by atoms with van der Waals surface area (Å²) >= 11 is 0. The lowest BCUT2D eigenvalue weighted by atomic mass is 9.94. The summed E-state index contributed by atoms with van der Waals surface area (Å²) in [7, 11) is 0. The SMILES string of the molecule is N/C=C1/CCCCC1=O. The second-order valence-electron chi connectivity index (χ2n) is 2.32. The molecule has 50 valence electrons. The lowest BCUT2D eigenvalue weighted by Gasteiger charge is -2.10. The van der Waals surface area contributed by atoms with Gasteiger partial charge >= 0.3 is 0 Å². The summed E-state index contributed by atoms with van der Waals surface area (Å²) in [5, 5.41) is 0. The van der Waals surface area contributed by atoms with Gasteiger partial charge in [0.15, 0.2) is 5.78 Å². The minimum atomic E-state index is 0.240. The number of Topliss-reactive ketones (excluding diaryl/α,β-unsaturated/α-hetero) is 1. The van der Waals surface area contributed by atoms with Crippen molar-refractivity contribution in [2.75, 3.05) is 0 Å². The average molecular weight is 125 g/mol. The first-order valence-electron chi connectivity index (χ1n) is 3.28. The summed E-state index contributed by atoms with van der Waals surface area (Å²) in [6.45, 7) is 0. The first-order chi connectivity index (χ1) is 4.34. The van der Waals surface area contributed by atoms with E-state index in [0.717, 1.165) is 24.8 Å². The maximum Gasteiger partial charge on any atom is 0.160 e. The van der Waals surface area contributed by atoms with E-state index in [9.17, 15) is 4.79 Å². The molecule has 0 atom stereocenters. The van der Waals surface area contributed by atoms with Gasteiger partial charge in [-0.2, -0.15) is 0 Å². The zero-order valence-corrected chi connectivity index (χ0v) is 5.39. The Kier molecular flexibility index (Phi) is 1.88. The van der Waals surface area contributed by atoms with Crippen LogP contribution in [0.4, 0.5) is 0 Å². The molecule has 9 heavy (non-hydrogen) atoms. The van der Waals surface area contributed by atoms with Crippen molar-refractivity contribution in [3.8, 4) is 0 Å². The van der Waals surface area contributed by atoms with Crippen LogP contribution < -0.4 is 5.73 Å². The van der Waals surface area contributed by atoms with Crippen LogP contribution >= 0.6 is 0 Å². The Bertz CT molecular complexity index is 149. The van der Waals surface area contributed by atoms with Gasteiger partial charge in [0.1, 0.15) is 0 Å². The molecule has 0 aliphatic heterocycles. The third-order valence-electron chi connectivity index (χ3n) is 1.66. The van der Waals surface area contributed by atoms with Gasteiger partial charge in [-0.25, -0.2) is 0 Å². The standard InChI is InChI=1S/C7H11NO/c8-5-6-3-1-2-4-7(6)9/h5H,1-4,8H2/b6-5-. The maximum atomic E-state index is 10.9. The van der Waals surface area contributed by atoms with E-state index < -0.39 is 0 Å². The van der Waals surface area contributed by atoms with Crippen LogP contribution in [0.15, 0.2) is 11.8 Å². The van der Waals surface area contributed by atoms with Crippen molar-refractivity contribution < 1.29 is 4.79 Å². The highest BCUT2D eigenvalue weighted by Gasteiger charge is 2.13. The molecule has 0 saturated heterocycles. The van der Waals surface area contributed by atoms with Gasteiger partial charge in [0.2, 0.25) is 0 Å². The molecule has 2 N–H and O–H groups in total. The second-order valence-corrected chi connectivity index (χ2v) is 2.32. The first kappa shape index (κ1) is 6.33. The molecule has 0 spiro atoms. The van der Waals surface area contributed by atoms with Crippen molar-refractivity contribution in [3.05, 3.63) is 11.8 Å². The van der Waals surface area contributed by atoms with Crippen LogP contribution in [0, 0.1) is 0 Å². The Labute approximate surface area is 54.7 Å². The van der Waals surface area contributed by atoms with Gasteiger partial charge < -0.3 is 5.73 Å². The van der Waals surface area contributed by atoms with E-state index >= 15 is 0 Å². The molecule has 0 heterocycles. The van der Waals surface area contributed by atoms with Crippen molar-refractivity contribution >= 4 is 5.78 Å². The molecule has 1 rings (SSSR count). The van der Waals surface area contributed by atoms with Gasteiger partial charge in [0, 0.05) is 18.2 Å². The second kappa shape index (κ2) is 2.67.